The lowest BCUT2D eigenvalue weighted by molar-refractivity contribution is 0.203. The molecular weight excluding hydrogens is 439 g/mol. The average molecular weight is 474 g/mol. The van der Waals surface area contributed by atoms with Crippen molar-refractivity contribution in [2.45, 2.75) is 44.6 Å². The molecule has 1 spiro atoms. The van der Waals surface area contributed by atoms with Crippen LogP contribution in [0.4, 0.5) is 0 Å². The molecule has 3 rings (SSSR count). The van der Waals surface area contributed by atoms with Crippen LogP contribution in [0.15, 0.2) is 17.4 Å². The number of hydrogen-bond acceptors (Lipinski definition) is 3. The van der Waals surface area contributed by atoms with Crippen LogP contribution in [0.3, 0.4) is 0 Å². The van der Waals surface area contributed by atoms with E-state index < -0.39 is 0 Å². The molecule has 2 fully saturated rings. The van der Waals surface area contributed by atoms with E-state index in [4.69, 9.17) is 0 Å². The van der Waals surface area contributed by atoms with Gasteiger partial charge in [0, 0.05) is 45.5 Å². The monoisotopic (exact) mass is 474 g/mol. The fraction of sp³-hybridized carbons (Fsp3) is 0.789. The molecule has 1 atom stereocenters. The molecule has 1 aromatic heterocycles. The van der Waals surface area contributed by atoms with E-state index in [2.05, 4.69) is 45.5 Å². The van der Waals surface area contributed by atoms with Gasteiger partial charge in [0.2, 0.25) is 0 Å². The third kappa shape index (κ3) is 4.91. The number of likely N-dealkylation sites (N-methyl/N-ethyl adjacent to an activating group) is 1. The van der Waals surface area contributed by atoms with E-state index in [1.807, 2.05) is 25.0 Å². The molecule has 1 aromatic rings. The van der Waals surface area contributed by atoms with E-state index in [0.29, 0.717) is 5.41 Å². The number of guanidine groups is 1. The number of aryl methyl sites for hydroxylation is 1. The van der Waals surface area contributed by atoms with Crippen LogP contribution in [0.5, 0.6) is 0 Å². The molecular formula is C19H35IN6. The lowest BCUT2D eigenvalue weighted by Crippen LogP contribution is -2.44. The summed E-state index contributed by atoms with van der Waals surface area (Å²) in [7, 11) is 8.11. The molecule has 0 aromatic carbocycles. The van der Waals surface area contributed by atoms with Crippen molar-refractivity contribution in [2.24, 2.45) is 17.5 Å². The summed E-state index contributed by atoms with van der Waals surface area (Å²) in [4.78, 5) is 9.28. The van der Waals surface area contributed by atoms with Crippen molar-refractivity contribution in [1.29, 1.82) is 0 Å². The quantitative estimate of drug-likeness (QED) is 0.414. The Morgan fingerprint density at radius 1 is 1.31 bits per heavy atom. The molecule has 0 radical (unpaired) electrons. The zero-order chi connectivity index (χ0) is 17.9. The van der Waals surface area contributed by atoms with Gasteiger partial charge in [-0.1, -0.05) is 19.3 Å². The van der Waals surface area contributed by atoms with Crippen molar-refractivity contribution < 1.29 is 0 Å². The number of hydrogen-bond donors (Lipinski definition) is 1. The summed E-state index contributed by atoms with van der Waals surface area (Å²) in [6.07, 6.45) is 12.4. The maximum Gasteiger partial charge on any atom is 0.193 e. The molecule has 1 aliphatic heterocycles. The first kappa shape index (κ1) is 21.5. The van der Waals surface area contributed by atoms with E-state index >= 15 is 0 Å². The second kappa shape index (κ2) is 9.39. The lowest BCUT2D eigenvalue weighted by atomic mass is 9.73. The molecule has 1 saturated heterocycles. The van der Waals surface area contributed by atoms with Crippen LogP contribution in [0.1, 0.15) is 50.1 Å². The van der Waals surface area contributed by atoms with Crippen molar-refractivity contribution in [3.63, 3.8) is 0 Å². The molecule has 2 heterocycles. The van der Waals surface area contributed by atoms with Crippen LogP contribution in [0, 0.1) is 5.41 Å². The number of nitrogens with zero attached hydrogens (tertiary/aromatic N) is 5. The summed E-state index contributed by atoms with van der Waals surface area (Å²) in [5.74, 6) is 1.05. The van der Waals surface area contributed by atoms with Gasteiger partial charge in [0.15, 0.2) is 5.96 Å². The SMILES string of the molecule is CN=C(NCC(c1cnn(C)c1)N(C)C)N1CCC2(CCCCC2)C1.I. The highest BCUT2D eigenvalue weighted by atomic mass is 127. The van der Waals surface area contributed by atoms with Gasteiger partial charge in [-0.15, -0.1) is 24.0 Å². The summed E-state index contributed by atoms with van der Waals surface area (Å²) < 4.78 is 1.87. The second-order valence-corrected chi connectivity index (χ2v) is 8.09. The van der Waals surface area contributed by atoms with Gasteiger partial charge in [0.1, 0.15) is 0 Å². The second-order valence-electron chi connectivity index (χ2n) is 8.09. The minimum atomic E-state index is 0. The Morgan fingerprint density at radius 3 is 2.62 bits per heavy atom. The van der Waals surface area contributed by atoms with Crippen LogP contribution in [-0.4, -0.2) is 66.3 Å². The van der Waals surface area contributed by atoms with E-state index in [1.54, 1.807) is 0 Å². The van der Waals surface area contributed by atoms with Crippen LogP contribution >= 0.6 is 24.0 Å². The van der Waals surface area contributed by atoms with E-state index in [9.17, 15) is 0 Å². The first-order chi connectivity index (χ1) is 12.0. The third-order valence-corrected chi connectivity index (χ3v) is 6.05. The van der Waals surface area contributed by atoms with Gasteiger partial charge in [-0.05, 0) is 38.8 Å². The van der Waals surface area contributed by atoms with Crippen molar-refractivity contribution in [1.82, 2.24) is 24.9 Å². The van der Waals surface area contributed by atoms with Crippen LogP contribution in [0.25, 0.3) is 0 Å². The van der Waals surface area contributed by atoms with E-state index in [1.165, 1.54) is 50.6 Å². The minimum Gasteiger partial charge on any atom is -0.354 e. The van der Waals surface area contributed by atoms with E-state index in [0.717, 1.165) is 19.0 Å². The zero-order valence-electron chi connectivity index (χ0n) is 16.7. The number of likely N-dealkylation sites (tertiary alicyclic amines) is 1. The molecule has 0 amide bonds. The minimum absolute atomic E-state index is 0. The van der Waals surface area contributed by atoms with Crippen molar-refractivity contribution in [3.05, 3.63) is 18.0 Å². The maximum atomic E-state index is 4.57. The predicted octanol–water partition coefficient (Wildman–Crippen LogP) is 2.87. The van der Waals surface area contributed by atoms with Crippen molar-refractivity contribution in [2.75, 3.05) is 40.8 Å². The molecule has 1 aliphatic carbocycles. The van der Waals surface area contributed by atoms with Crippen LogP contribution in [0.2, 0.25) is 0 Å². The van der Waals surface area contributed by atoms with Crippen molar-refractivity contribution in [3.8, 4) is 0 Å². The Hall–Kier alpha value is -0.830. The Kier molecular flexibility index (Phi) is 7.76. The summed E-state index contributed by atoms with van der Waals surface area (Å²) in [5, 5.41) is 7.94. The Morgan fingerprint density at radius 2 is 2.04 bits per heavy atom. The first-order valence-electron chi connectivity index (χ1n) is 9.64. The maximum absolute atomic E-state index is 4.57. The lowest BCUT2D eigenvalue weighted by Gasteiger charge is -2.34. The molecule has 1 unspecified atom stereocenters. The van der Waals surface area contributed by atoms with Gasteiger partial charge in [0.25, 0.3) is 0 Å². The molecule has 2 aliphatic rings. The molecule has 1 saturated carbocycles. The fourth-order valence-electron chi connectivity index (χ4n) is 4.56. The van der Waals surface area contributed by atoms with Gasteiger partial charge < -0.3 is 15.1 Å². The molecule has 26 heavy (non-hydrogen) atoms. The summed E-state index contributed by atoms with van der Waals surface area (Å²) in [5.41, 5.74) is 1.79. The average Bonchev–Trinajstić information content (AvgIpc) is 3.19. The zero-order valence-corrected chi connectivity index (χ0v) is 19.1. The molecule has 7 heteroatoms. The number of aliphatic imine (C=N–C) groups is 1. The molecule has 0 bridgehead atoms. The molecule has 148 valence electrons. The number of rotatable bonds is 4. The highest BCUT2D eigenvalue weighted by molar-refractivity contribution is 14.0. The summed E-state index contributed by atoms with van der Waals surface area (Å²) >= 11 is 0. The Labute approximate surface area is 175 Å². The van der Waals surface area contributed by atoms with Crippen LogP contribution in [-0.2, 0) is 7.05 Å². The normalized spacial score (nSPS) is 21.1. The first-order valence-corrected chi connectivity index (χ1v) is 9.64. The Balaban J connectivity index is 0.00000243. The van der Waals surface area contributed by atoms with Crippen molar-refractivity contribution >= 4 is 29.9 Å². The van der Waals surface area contributed by atoms with Gasteiger partial charge in [-0.3, -0.25) is 9.67 Å². The van der Waals surface area contributed by atoms with Gasteiger partial charge in [0.05, 0.1) is 12.2 Å². The van der Waals surface area contributed by atoms with Crippen LogP contribution < -0.4 is 5.32 Å². The number of halogens is 1. The van der Waals surface area contributed by atoms with E-state index in [-0.39, 0.29) is 30.0 Å². The summed E-state index contributed by atoms with van der Waals surface area (Å²) in [6, 6.07) is 0.289. The predicted molar refractivity (Wildman–Crippen MR) is 118 cm³/mol. The number of aromatic nitrogens is 2. The molecule has 6 nitrogen and oxygen atoms in total. The highest BCUT2D eigenvalue weighted by Crippen LogP contribution is 2.43. The highest BCUT2D eigenvalue weighted by Gasteiger charge is 2.39. The smallest absolute Gasteiger partial charge is 0.193 e. The largest absolute Gasteiger partial charge is 0.354 e. The third-order valence-electron chi connectivity index (χ3n) is 6.05. The van der Waals surface area contributed by atoms with Gasteiger partial charge in [-0.2, -0.15) is 5.10 Å². The standard InChI is InChI=1S/C19H34N6.HI/c1-20-18(25-11-10-19(15-25)8-6-5-7-9-19)21-13-17(23(2)3)16-12-22-24(4)14-16;/h12,14,17H,5-11,13,15H2,1-4H3,(H,20,21);1H. The summed E-state index contributed by atoms with van der Waals surface area (Å²) in [6.45, 7) is 3.15. The van der Waals surface area contributed by atoms with Gasteiger partial charge >= 0.3 is 0 Å². The number of nitrogens with one attached hydrogen (secondary N) is 1. The Bertz CT molecular complexity index is 591. The topological polar surface area (TPSA) is 48.7 Å². The van der Waals surface area contributed by atoms with Gasteiger partial charge in [-0.25, -0.2) is 0 Å². The fourth-order valence-corrected chi connectivity index (χ4v) is 4.56. The molecule has 1 N–H and O–H groups in total.